The average molecular weight is 453 g/mol. The summed E-state index contributed by atoms with van der Waals surface area (Å²) < 4.78 is 3.98. The van der Waals surface area contributed by atoms with Crippen molar-refractivity contribution in [3.05, 3.63) is 89.1 Å². The normalized spacial score (nSPS) is 13.4. The molecule has 0 unspecified atom stereocenters. The third-order valence-corrected chi connectivity index (χ3v) is 5.96. The summed E-state index contributed by atoms with van der Waals surface area (Å²) in [5.74, 6) is 1.57. The summed E-state index contributed by atoms with van der Waals surface area (Å²) in [6.45, 7) is 1.86. The summed E-state index contributed by atoms with van der Waals surface area (Å²) in [5, 5.41) is 1.91. The van der Waals surface area contributed by atoms with Crippen LogP contribution in [0.5, 0.6) is 0 Å². The second-order valence-electron chi connectivity index (χ2n) is 7.97. The van der Waals surface area contributed by atoms with E-state index >= 15 is 0 Å². The lowest BCUT2D eigenvalue weighted by molar-refractivity contribution is 0.831. The summed E-state index contributed by atoms with van der Waals surface area (Å²) in [6, 6.07) is 3.89. The van der Waals surface area contributed by atoms with Crippen molar-refractivity contribution in [1.82, 2.24) is 34.1 Å². The SMILES string of the molecule is Cc1nc(-n2c3c(c4cnccc42)C=NC=C=C3)nc(-n2c3c(c4cnccc42)C=NC=C=C3)n1. The summed E-state index contributed by atoms with van der Waals surface area (Å²) >= 11 is 0. The zero-order valence-electron chi connectivity index (χ0n) is 18.5. The number of pyridine rings is 2. The molecule has 0 bridgehead atoms. The average Bonchev–Trinajstić information content (AvgIpc) is 3.08. The van der Waals surface area contributed by atoms with Gasteiger partial charge in [-0.05, 0) is 19.1 Å². The highest BCUT2D eigenvalue weighted by atomic mass is 15.3. The standard InChI is InChI=1S/C26H15N9/c1-16-31-25(34-21-4-2-8-27-12-17(21)19-14-29-10-6-23(19)34)33-26(32-16)35-22-5-3-9-28-13-18(22)20-15-30-11-7-24(20)35/h4-15H,1H3. The highest BCUT2D eigenvalue weighted by molar-refractivity contribution is 6.05. The number of aromatic nitrogens is 7. The maximum absolute atomic E-state index is 4.95. The monoisotopic (exact) mass is 453 g/mol. The zero-order valence-corrected chi connectivity index (χ0v) is 18.5. The topological polar surface area (TPSA) is 99.0 Å². The Bertz CT molecular complexity index is 1750. The molecule has 0 saturated heterocycles. The fourth-order valence-corrected chi connectivity index (χ4v) is 4.54. The van der Waals surface area contributed by atoms with Gasteiger partial charge in [0.15, 0.2) is 0 Å². The Labute approximate surface area is 198 Å². The Kier molecular flexibility index (Phi) is 4.07. The molecule has 0 spiro atoms. The summed E-state index contributed by atoms with van der Waals surface area (Å²) in [7, 11) is 0. The second-order valence-corrected chi connectivity index (χ2v) is 7.97. The van der Waals surface area contributed by atoms with Gasteiger partial charge in [-0.15, -0.1) is 0 Å². The maximum Gasteiger partial charge on any atom is 0.239 e. The smallest absolute Gasteiger partial charge is 0.239 e. The second kappa shape index (κ2) is 7.40. The van der Waals surface area contributed by atoms with Crippen molar-refractivity contribution in [1.29, 1.82) is 0 Å². The minimum absolute atomic E-state index is 0.491. The quantitative estimate of drug-likeness (QED) is 0.377. The van der Waals surface area contributed by atoms with Gasteiger partial charge >= 0.3 is 0 Å². The van der Waals surface area contributed by atoms with E-state index in [4.69, 9.17) is 15.0 Å². The number of hydrogen-bond acceptors (Lipinski definition) is 7. The summed E-state index contributed by atoms with van der Waals surface area (Å²) in [5.41, 5.74) is 11.7. The molecule has 0 saturated carbocycles. The number of rotatable bonds is 2. The molecule has 164 valence electrons. The van der Waals surface area contributed by atoms with Crippen LogP contribution in [0, 0.1) is 6.92 Å². The molecule has 5 aromatic heterocycles. The molecule has 35 heavy (non-hydrogen) atoms. The predicted molar refractivity (Wildman–Crippen MR) is 134 cm³/mol. The Morgan fingerprint density at radius 2 is 1.20 bits per heavy atom. The minimum atomic E-state index is 0.491. The van der Waals surface area contributed by atoms with Gasteiger partial charge in [0.25, 0.3) is 0 Å². The molecule has 2 aliphatic rings. The fraction of sp³-hybridized carbons (Fsp3) is 0.0385. The van der Waals surface area contributed by atoms with Crippen LogP contribution in [0.25, 0.3) is 45.9 Å². The van der Waals surface area contributed by atoms with Crippen molar-refractivity contribution < 1.29 is 0 Å². The Morgan fingerprint density at radius 3 is 1.71 bits per heavy atom. The molecule has 9 heteroatoms. The third kappa shape index (κ3) is 2.87. The van der Waals surface area contributed by atoms with Crippen LogP contribution < -0.4 is 0 Å². The first-order chi connectivity index (χ1) is 17.3. The fourth-order valence-electron chi connectivity index (χ4n) is 4.54. The van der Waals surface area contributed by atoms with Crippen molar-refractivity contribution in [2.45, 2.75) is 6.92 Å². The van der Waals surface area contributed by atoms with Crippen LogP contribution >= 0.6 is 0 Å². The van der Waals surface area contributed by atoms with E-state index in [2.05, 4.69) is 31.4 Å². The van der Waals surface area contributed by atoms with Gasteiger partial charge in [-0.25, -0.2) is 0 Å². The third-order valence-electron chi connectivity index (χ3n) is 5.96. The molecule has 0 atom stereocenters. The first-order valence-electron chi connectivity index (χ1n) is 10.9. The number of aliphatic imine (C=N–C) groups is 2. The molecule has 0 aromatic carbocycles. The molecule has 0 N–H and O–H groups in total. The summed E-state index contributed by atoms with van der Waals surface area (Å²) in [4.78, 5) is 31.7. The lowest BCUT2D eigenvalue weighted by atomic mass is 10.2. The van der Waals surface area contributed by atoms with Crippen molar-refractivity contribution >= 4 is 46.4 Å². The van der Waals surface area contributed by atoms with E-state index in [1.165, 1.54) is 0 Å². The van der Waals surface area contributed by atoms with Crippen LogP contribution in [0.3, 0.4) is 0 Å². The molecular weight excluding hydrogens is 438 g/mol. The number of aryl methyl sites for hydroxylation is 1. The van der Waals surface area contributed by atoms with E-state index < -0.39 is 0 Å². The molecule has 0 amide bonds. The van der Waals surface area contributed by atoms with Crippen LogP contribution in [0.2, 0.25) is 0 Å². The maximum atomic E-state index is 4.95. The van der Waals surface area contributed by atoms with Crippen LogP contribution in [0.4, 0.5) is 0 Å². The molecule has 7 rings (SSSR count). The highest BCUT2D eigenvalue weighted by Crippen LogP contribution is 2.31. The largest absolute Gasteiger partial charge is 0.277 e. The van der Waals surface area contributed by atoms with Crippen LogP contribution in [-0.2, 0) is 0 Å². The van der Waals surface area contributed by atoms with E-state index in [0.29, 0.717) is 17.7 Å². The summed E-state index contributed by atoms with van der Waals surface area (Å²) in [6.07, 6.45) is 17.8. The van der Waals surface area contributed by atoms with Gasteiger partial charge in [-0.2, -0.15) is 15.0 Å². The van der Waals surface area contributed by atoms with Crippen molar-refractivity contribution in [3.8, 4) is 11.9 Å². The molecule has 2 aliphatic heterocycles. The minimum Gasteiger partial charge on any atom is -0.277 e. The zero-order chi connectivity index (χ0) is 23.4. The molecule has 0 radical (unpaired) electrons. The van der Waals surface area contributed by atoms with Gasteiger partial charge in [0, 0.05) is 71.3 Å². The van der Waals surface area contributed by atoms with Crippen molar-refractivity contribution in [2.24, 2.45) is 9.98 Å². The van der Waals surface area contributed by atoms with E-state index in [0.717, 1.165) is 44.3 Å². The molecule has 9 nitrogen and oxygen atoms in total. The van der Waals surface area contributed by atoms with Gasteiger partial charge in [-0.1, -0.05) is 11.5 Å². The van der Waals surface area contributed by atoms with Crippen LogP contribution in [0.1, 0.15) is 28.3 Å². The molecular formula is C26H15N9. The first-order valence-corrected chi connectivity index (χ1v) is 10.9. The molecule has 0 fully saturated rings. The number of fused-ring (bicyclic) bond motifs is 6. The van der Waals surface area contributed by atoms with Gasteiger partial charge in [0.1, 0.15) is 5.82 Å². The molecule has 5 aromatic rings. The lowest BCUT2D eigenvalue weighted by Crippen LogP contribution is -2.12. The van der Waals surface area contributed by atoms with E-state index in [1.807, 2.05) is 65.2 Å². The van der Waals surface area contributed by atoms with Gasteiger partial charge in [0.2, 0.25) is 11.9 Å². The van der Waals surface area contributed by atoms with Gasteiger partial charge in [-0.3, -0.25) is 29.1 Å². The molecule has 0 aliphatic carbocycles. The van der Waals surface area contributed by atoms with Gasteiger partial charge in [0.05, 0.1) is 34.8 Å². The van der Waals surface area contributed by atoms with Crippen molar-refractivity contribution in [3.63, 3.8) is 0 Å². The predicted octanol–water partition coefficient (Wildman–Crippen LogP) is 3.97. The Morgan fingerprint density at radius 1 is 0.686 bits per heavy atom. The first kappa shape index (κ1) is 19.3. The van der Waals surface area contributed by atoms with E-state index in [1.54, 1.807) is 24.8 Å². The van der Waals surface area contributed by atoms with Gasteiger partial charge < -0.3 is 0 Å². The molecule has 7 heterocycles. The highest BCUT2D eigenvalue weighted by Gasteiger charge is 2.22. The number of nitrogens with zero attached hydrogens (tertiary/aromatic N) is 9. The van der Waals surface area contributed by atoms with Crippen LogP contribution in [-0.4, -0.2) is 46.5 Å². The van der Waals surface area contributed by atoms with E-state index in [-0.39, 0.29) is 0 Å². The number of hydrogen-bond donors (Lipinski definition) is 0. The van der Waals surface area contributed by atoms with Crippen molar-refractivity contribution in [2.75, 3.05) is 0 Å². The van der Waals surface area contributed by atoms with E-state index in [9.17, 15) is 0 Å². The Hall–Kier alpha value is -5.23. The van der Waals surface area contributed by atoms with Crippen LogP contribution in [0.15, 0.2) is 70.8 Å². The Balaban J connectivity index is 1.56. The lowest BCUT2D eigenvalue weighted by Gasteiger charge is -2.12.